The molecule has 1 aromatic carbocycles. The summed E-state index contributed by atoms with van der Waals surface area (Å²) in [6, 6.07) is 7.94. The molecule has 0 spiro atoms. The summed E-state index contributed by atoms with van der Waals surface area (Å²) in [5.74, 6) is 0.665. The first kappa shape index (κ1) is 22.1. The fourth-order valence-corrected chi connectivity index (χ4v) is 4.99. The molecule has 0 saturated heterocycles. The Labute approximate surface area is 156 Å². The van der Waals surface area contributed by atoms with E-state index < -0.39 is 25.0 Å². The van der Waals surface area contributed by atoms with Crippen LogP contribution < -0.4 is 4.43 Å². The Bertz CT molecular complexity index is 583. The van der Waals surface area contributed by atoms with Gasteiger partial charge < -0.3 is 13.3 Å². The van der Waals surface area contributed by atoms with Gasteiger partial charge in [-0.2, -0.15) is 0 Å². The Kier molecular flexibility index (Phi) is 7.26. The lowest BCUT2D eigenvalue weighted by Gasteiger charge is -2.28. The summed E-state index contributed by atoms with van der Waals surface area (Å²) in [5, 5.41) is 0. The highest BCUT2D eigenvalue weighted by Crippen LogP contribution is 2.29. The van der Waals surface area contributed by atoms with E-state index in [-0.39, 0.29) is 18.5 Å². The van der Waals surface area contributed by atoms with Crippen molar-refractivity contribution in [3.05, 3.63) is 29.8 Å². The average Bonchev–Trinajstić information content (AvgIpc) is 2.32. The molecule has 1 unspecified atom stereocenters. The summed E-state index contributed by atoms with van der Waals surface area (Å²) in [6.07, 6.45) is -0.0500. The van der Waals surface area contributed by atoms with Crippen LogP contribution in [0.25, 0.3) is 0 Å². The molecule has 0 bridgehead atoms. The second-order valence-corrected chi connectivity index (χ2v) is 22.6. The van der Waals surface area contributed by atoms with Crippen molar-refractivity contribution in [3.8, 4) is 5.75 Å². The molecule has 1 rings (SSSR count). The quantitative estimate of drug-likeness (QED) is 0.538. The van der Waals surface area contributed by atoms with Gasteiger partial charge in [0.15, 0.2) is 8.32 Å². The molecule has 1 atom stereocenters. The number of rotatable bonds is 8. The van der Waals surface area contributed by atoms with Crippen molar-refractivity contribution in [2.45, 2.75) is 71.4 Å². The molecule has 7 heteroatoms. The van der Waals surface area contributed by atoms with Crippen molar-refractivity contribution in [1.29, 1.82) is 0 Å². The summed E-state index contributed by atoms with van der Waals surface area (Å²) in [7, 11) is -5.41. The molecule has 4 nitrogen and oxygen atoms in total. The van der Waals surface area contributed by atoms with Crippen LogP contribution in [0.3, 0.4) is 0 Å². The van der Waals surface area contributed by atoms with Crippen LogP contribution in [0, 0.1) is 0 Å². The van der Waals surface area contributed by atoms with Gasteiger partial charge in [0.1, 0.15) is 5.75 Å². The summed E-state index contributed by atoms with van der Waals surface area (Å²) < 4.78 is 18.0. The van der Waals surface area contributed by atoms with Crippen LogP contribution in [-0.2, 0) is 13.6 Å². The second-order valence-electron chi connectivity index (χ2n) is 9.30. The first-order valence-electron chi connectivity index (χ1n) is 8.83. The third kappa shape index (κ3) is 9.98. The third-order valence-electron chi connectivity index (χ3n) is 2.92. The highest BCUT2D eigenvalue weighted by molar-refractivity contribution is 6.71. The Hall–Kier alpha value is -0.899. The minimum Gasteiger partial charge on any atom is -0.544 e. The van der Waals surface area contributed by atoms with Gasteiger partial charge in [-0.05, 0) is 76.6 Å². The van der Waals surface area contributed by atoms with Crippen LogP contribution in [0.4, 0.5) is 0 Å². The van der Waals surface area contributed by atoms with Crippen molar-refractivity contribution in [3.63, 3.8) is 0 Å². The van der Waals surface area contributed by atoms with Crippen molar-refractivity contribution >= 4 is 30.9 Å². The van der Waals surface area contributed by atoms with Crippen LogP contribution >= 0.6 is 0 Å². The molecular formula is C18H34O4Si3. The molecule has 0 radical (unpaired) electrons. The topological polar surface area (TPSA) is 44.8 Å². The molecule has 0 aromatic heterocycles. The van der Waals surface area contributed by atoms with Crippen LogP contribution in [0.1, 0.15) is 18.1 Å². The van der Waals surface area contributed by atoms with Gasteiger partial charge in [-0.3, -0.25) is 4.79 Å². The van der Waals surface area contributed by atoms with Gasteiger partial charge in [0.25, 0.3) is 5.97 Å². The molecule has 0 amide bonds. The highest BCUT2D eigenvalue weighted by atomic mass is 28.4. The predicted molar refractivity (Wildman–Crippen MR) is 112 cm³/mol. The lowest BCUT2D eigenvalue weighted by Crippen LogP contribution is -2.33. The van der Waals surface area contributed by atoms with E-state index in [1.807, 2.05) is 43.9 Å². The molecule has 0 heterocycles. The zero-order valence-corrected chi connectivity index (χ0v) is 20.2. The molecule has 0 fully saturated rings. The van der Waals surface area contributed by atoms with Crippen molar-refractivity contribution < 1.29 is 18.1 Å². The van der Waals surface area contributed by atoms with Gasteiger partial charge in [-0.25, -0.2) is 0 Å². The fourth-order valence-electron chi connectivity index (χ4n) is 2.32. The monoisotopic (exact) mass is 398 g/mol. The van der Waals surface area contributed by atoms with E-state index in [0.29, 0.717) is 0 Å². The minimum atomic E-state index is -1.90. The Morgan fingerprint density at radius 2 is 1.52 bits per heavy atom. The molecule has 0 aliphatic rings. The Morgan fingerprint density at radius 3 is 2.00 bits per heavy atom. The van der Waals surface area contributed by atoms with Crippen LogP contribution in [0.2, 0.25) is 58.9 Å². The molecule has 0 N–H and O–H groups in total. The first-order valence-corrected chi connectivity index (χ1v) is 19.1. The van der Waals surface area contributed by atoms with E-state index in [2.05, 4.69) is 39.3 Å². The second kappa shape index (κ2) is 8.20. The van der Waals surface area contributed by atoms with Crippen molar-refractivity contribution in [1.82, 2.24) is 0 Å². The van der Waals surface area contributed by atoms with E-state index in [4.69, 9.17) is 13.3 Å². The van der Waals surface area contributed by atoms with Gasteiger partial charge in [-0.1, -0.05) is 12.1 Å². The zero-order valence-electron chi connectivity index (χ0n) is 17.2. The third-order valence-corrected chi connectivity index (χ3v) is 5.60. The molecular weight excluding hydrogens is 364 g/mol. The van der Waals surface area contributed by atoms with Crippen molar-refractivity contribution in [2.24, 2.45) is 0 Å². The molecule has 0 saturated carbocycles. The zero-order chi connectivity index (χ0) is 19.5. The van der Waals surface area contributed by atoms with Gasteiger partial charge in [0, 0.05) is 0 Å². The van der Waals surface area contributed by atoms with Crippen LogP contribution in [0.15, 0.2) is 24.3 Å². The normalized spacial score (nSPS) is 14.1. The maximum atomic E-state index is 12.4. The number of hydrogen-bond acceptors (Lipinski definition) is 4. The summed E-state index contributed by atoms with van der Waals surface area (Å²) >= 11 is 0. The van der Waals surface area contributed by atoms with Crippen LogP contribution in [0.5, 0.6) is 5.75 Å². The number of benzene rings is 1. The van der Waals surface area contributed by atoms with Crippen molar-refractivity contribution in [2.75, 3.05) is 0 Å². The molecule has 0 aliphatic heterocycles. The number of hydrogen-bond donors (Lipinski definition) is 0. The van der Waals surface area contributed by atoms with E-state index in [0.717, 1.165) is 11.3 Å². The number of carbonyl (C=O) groups excluding carboxylic acids is 1. The van der Waals surface area contributed by atoms with E-state index in [1.54, 1.807) is 0 Å². The Morgan fingerprint density at radius 1 is 0.920 bits per heavy atom. The van der Waals surface area contributed by atoms with Gasteiger partial charge in [-0.15, -0.1) is 0 Å². The molecule has 1 aromatic rings. The maximum absolute atomic E-state index is 12.4. The maximum Gasteiger partial charge on any atom is 0.295 e. The van der Waals surface area contributed by atoms with Gasteiger partial charge in [0.05, 0.1) is 12.5 Å². The van der Waals surface area contributed by atoms with Gasteiger partial charge in [0.2, 0.25) is 16.6 Å². The first-order chi connectivity index (χ1) is 11.1. The number of carbonyl (C=O) groups is 1. The standard InChI is InChI=1S/C18H34O4Si3/c1-23(2,3)20-16-12-10-11-15(13-16)17(21-24(4,5)6)14-18(19)22-25(7,8)9/h10-13,17H,14H2,1-9H3. The summed E-state index contributed by atoms with van der Waals surface area (Å²) in [6.45, 7) is 18.9. The predicted octanol–water partition coefficient (Wildman–Crippen LogP) is 5.56. The summed E-state index contributed by atoms with van der Waals surface area (Å²) in [5.41, 5.74) is 0.978. The van der Waals surface area contributed by atoms with Crippen LogP contribution in [-0.4, -0.2) is 30.9 Å². The molecule has 142 valence electrons. The summed E-state index contributed by atoms with van der Waals surface area (Å²) in [4.78, 5) is 12.4. The smallest absolute Gasteiger partial charge is 0.295 e. The van der Waals surface area contributed by atoms with E-state index in [1.165, 1.54) is 0 Å². The molecule has 25 heavy (non-hydrogen) atoms. The lowest BCUT2D eigenvalue weighted by molar-refractivity contribution is -0.137. The largest absolute Gasteiger partial charge is 0.544 e. The lowest BCUT2D eigenvalue weighted by atomic mass is 10.1. The average molecular weight is 399 g/mol. The van der Waals surface area contributed by atoms with Gasteiger partial charge >= 0.3 is 0 Å². The highest BCUT2D eigenvalue weighted by Gasteiger charge is 2.28. The fraction of sp³-hybridized carbons (Fsp3) is 0.611. The Balaban J connectivity index is 3.03. The minimum absolute atomic E-state index is 0.182. The van der Waals surface area contributed by atoms with E-state index in [9.17, 15) is 4.79 Å². The van der Waals surface area contributed by atoms with E-state index >= 15 is 0 Å². The SMILES string of the molecule is C[Si](C)(C)OC(=O)CC(O[Si](C)(C)C)c1cccc(O[Si](C)(C)C)c1. The molecule has 0 aliphatic carbocycles.